The van der Waals surface area contributed by atoms with Crippen LogP contribution >= 0.6 is 0 Å². The van der Waals surface area contributed by atoms with Crippen molar-refractivity contribution in [3.8, 4) is 0 Å². The zero-order valence-corrected chi connectivity index (χ0v) is 11.1. The van der Waals surface area contributed by atoms with Crippen LogP contribution in [0.2, 0.25) is 0 Å². The van der Waals surface area contributed by atoms with Crippen LogP contribution in [0.1, 0.15) is 43.5 Å². The molecule has 96 valence electrons. The normalized spacial score (nSPS) is 25.1. The van der Waals surface area contributed by atoms with Crippen LogP contribution < -0.4 is 5.32 Å². The SMILES string of the molecule is CCCNC1CCOC(c2cnn(C)c2C)C1. The molecular weight excluding hydrogens is 214 g/mol. The van der Waals surface area contributed by atoms with Crippen LogP contribution in [-0.2, 0) is 11.8 Å². The maximum absolute atomic E-state index is 5.88. The zero-order chi connectivity index (χ0) is 12.3. The molecule has 0 bridgehead atoms. The number of aryl methyl sites for hydroxylation is 1. The molecule has 0 aromatic carbocycles. The van der Waals surface area contributed by atoms with Gasteiger partial charge in [0.05, 0.1) is 12.3 Å². The van der Waals surface area contributed by atoms with E-state index < -0.39 is 0 Å². The molecule has 1 aromatic heterocycles. The average molecular weight is 237 g/mol. The van der Waals surface area contributed by atoms with E-state index in [1.54, 1.807) is 0 Å². The summed E-state index contributed by atoms with van der Waals surface area (Å²) >= 11 is 0. The van der Waals surface area contributed by atoms with E-state index in [9.17, 15) is 0 Å². The number of hydrogen-bond donors (Lipinski definition) is 1. The molecule has 17 heavy (non-hydrogen) atoms. The number of hydrogen-bond acceptors (Lipinski definition) is 3. The van der Waals surface area contributed by atoms with Gasteiger partial charge in [0.15, 0.2) is 0 Å². The Kier molecular flexibility index (Phi) is 4.18. The Morgan fingerprint density at radius 3 is 3.06 bits per heavy atom. The van der Waals surface area contributed by atoms with Crippen LogP contribution in [0.3, 0.4) is 0 Å². The second kappa shape index (κ2) is 5.65. The second-order valence-corrected chi connectivity index (χ2v) is 4.84. The summed E-state index contributed by atoms with van der Waals surface area (Å²) < 4.78 is 7.79. The molecule has 0 amide bonds. The third kappa shape index (κ3) is 2.87. The van der Waals surface area contributed by atoms with E-state index in [2.05, 4.69) is 24.3 Å². The average Bonchev–Trinajstić information content (AvgIpc) is 2.68. The molecule has 1 saturated heterocycles. The van der Waals surface area contributed by atoms with Crippen molar-refractivity contribution in [2.75, 3.05) is 13.2 Å². The smallest absolute Gasteiger partial charge is 0.0872 e. The van der Waals surface area contributed by atoms with E-state index in [-0.39, 0.29) is 6.10 Å². The quantitative estimate of drug-likeness (QED) is 0.870. The lowest BCUT2D eigenvalue weighted by atomic mass is 9.98. The fourth-order valence-electron chi connectivity index (χ4n) is 2.38. The molecule has 2 unspecified atom stereocenters. The Hall–Kier alpha value is -0.870. The molecule has 1 N–H and O–H groups in total. The number of nitrogens with one attached hydrogen (secondary N) is 1. The largest absolute Gasteiger partial charge is 0.373 e. The van der Waals surface area contributed by atoms with E-state index >= 15 is 0 Å². The molecule has 2 heterocycles. The number of rotatable bonds is 4. The van der Waals surface area contributed by atoms with Crippen molar-refractivity contribution in [3.63, 3.8) is 0 Å². The fraction of sp³-hybridized carbons (Fsp3) is 0.769. The van der Waals surface area contributed by atoms with Crippen molar-refractivity contribution in [1.82, 2.24) is 15.1 Å². The van der Waals surface area contributed by atoms with Gasteiger partial charge in [-0.15, -0.1) is 0 Å². The highest BCUT2D eigenvalue weighted by Gasteiger charge is 2.25. The molecular formula is C13H23N3O. The number of aromatic nitrogens is 2. The van der Waals surface area contributed by atoms with E-state index in [1.807, 2.05) is 17.9 Å². The van der Waals surface area contributed by atoms with Crippen LogP contribution in [0.5, 0.6) is 0 Å². The van der Waals surface area contributed by atoms with Gasteiger partial charge in [-0.2, -0.15) is 5.10 Å². The summed E-state index contributed by atoms with van der Waals surface area (Å²) in [6.07, 6.45) is 5.53. The van der Waals surface area contributed by atoms with Gasteiger partial charge in [-0.1, -0.05) is 6.92 Å². The molecule has 4 nitrogen and oxygen atoms in total. The third-order valence-corrected chi connectivity index (χ3v) is 3.59. The third-order valence-electron chi connectivity index (χ3n) is 3.59. The van der Waals surface area contributed by atoms with Gasteiger partial charge in [0.25, 0.3) is 0 Å². The van der Waals surface area contributed by atoms with E-state index in [1.165, 1.54) is 17.7 Å². The lowest BCUT2D eigenvalue weighted by Gasteiger charge is -2.30. The van der Waals surface area contributed by atoms with Crippen LogP contribution in [0.4, 0.5) is 0 Å². The van der Waals surface area contributed by atoms with Gasteiger partial charge in [0.2, 0.25) is 0 Å². The highest BCUT2D eigenvalue weighted by Crippen LogP contribution is 2.29. The van der Waals surface area contributed by atoms with Gasteiger partial charge >= 0.3 is 0 Å². The highest BCUT2D eigenvalue weighted by molar-refractivity contribution is 5.19. The molecule has 2 rings (SSSR count). The van der Waals surface area contributed by atoms with Gasteiger partial charge in [-0.25, -0.2) is 0 Å². The summed E-state index contributed by atoms with van der Waals surface area (Å²) in [7, 11) is 1.98. The summed E-state index contributed by atoms with van der Waals surface area (Å²) in [4.78, 5) is 0. The van der Waals surface area contributed by atoms with Crippen molar-refractivity contribution in [2.24, 2.45) is 7.05 Å². The molecule has 1 aliphatic rings. The monoisotopic (exact) mass is 237 g/mol. The minimum Gasteiger partial charge on any atom is -0.373 e. The predicted octanol–water partition coefficient (Wildman–Crippen LogP) is 1.95. The van der Waals surface area contributed by atoms with Crippen molar-refractivity contribution in [3.05, 3.63) is 17.5 Å². The molecule has 1 fully saturated rings. The van der Waals surface area contributed by atoms with Gasteiger partial charge < -0.3 is 10.1 Å². The first-order valence-corrected chi connectivity index (χ1v) is 6.55. The van der Waals surface area contributed by atoms with Crippen molar-refractivity contribution < 1.29 is 4.74 Å². The van der Waals surface area contributed by atoms with Crippen LogP contribution in [0.25, 0.3) is 0 Å². The molecule has 0 spiro atoms. The number of ether oxygens (including phenoxy) is 1. The summed E-state index contributed by atoms with van der Waals surface area (Å²) in [5.74, 6) is 0. The Morgan fingerprint density at radius 2 is 2.41 bits per heavy atom. The zero-order valence-electron chi connectivity index (χ0n) is 11.1. The first kappa shape index (κ1) is 12.6. The van der Waals surface area contributed by atoms with Gasteiger partial charge in [0.1, 0.15) is 0 Å². The molecule has 1 aliphatic heterocycles. The van der Waals surface area contributed by atoms with Crippen LogP contribution in [0.15, 0.2) is 6.20 Å². The molecule has 0 saturated carbocycles. The van der Waals surface area contributed by atoms with Gasteiger partial charge in [-0.05, 0) is 32.7 Å². The van der Waals surface area contributed by atoms with E-state index in [0.29, 0.717) is 6.04 Å². The topological polar surface area (TPSA) is 39.1 Å². The summed E-state index contributed by atoms with van der Waals surface area (Å²) in [5.41, 5.74) is 2.46. The van der Waals surface area contributed by atoms with Crippen molar-refractivity contribution in [1.29, 1.82) is 0 Å². The maximum Gasteiger partial charge on any atom is 0.0872 e. The summed E-state index contributed by atoms with van der Waals surface area (Å²) in [6, 6.07) is 0.591. The Morgan fingerprint density at radius 1 is 1.59 bits per heavy atom. The lowest BCUT2D eigenvalue weighted by molar-refractivity contribution is -0.0000383. The summed E-state index contributed by atoms with van der Waals surface area (Å²) in [5, 5.41) is 7.88. The van der Waals surface area contributed by atoms with E-state index in [4.69, 9.17) is 4.74 Å². The minimum atomic E-state index is 0.215. The molecule has 2 atom stereocenters. The van der Waals surface area contributed by atoms with Gasteiger partial charge in [0, 0.05) is 31.0 Å². The fourth-order valence-corrected chi connectivity index (χ4v) is 2.38. The minimum absolute atomic E-state index is 0.215. The second-order valence-electron chi connectivity index (χ2n) is 4.84. The summed E-state index contributed by atoms with van der Waals surface area (Å²) in [6.45, 7) is 6.26. The molecule has 1 aromatic rings. The standard InChI is InChI=1S/C13H23N3O/c1-4-6-14-11-5-7-17-13(8-11)12-9-15-16(3)10(12)2/h9,11,13-14H,4-8H2,1-3H3. The Labute approximate surface area is 103 Å². The molecule has 4 heteroatoms. The van der Waals surface area contributed by atoms with Crippen molar-refractivity contribution in [2.45, 2.75) is 45.3 Å². The highest BCUT2D eigenvalue weighted by atomic mass is 16.5. The van der Waals surface area contributed by atoms with Crippen molar-refractivity contribution >= 4 is 0 Å². The van der Waals surface area contributed by atoms with Crippen LogP contribution in [-0.4, -0.2) is 29.0 Å². The van der Waals surface area contributed by atoms with Crippen LogP contribution in [0, 0.1) is 6.92 Å². The maximum atomic E-state index is 5.88. The number of nitrogens with zero attached hydrogens (tertiary/aromatic N) is 2. The van der Waals surface area contributed by atoms with E-state index in [0.717, 1.165) is 26.0 Å². The lowest BCUT2D eigenvalue weighted by Crippen LogP contribution is -2.36. The Balaban J connectivity index is 1.99. The first-order chi connectivity index (χ1) is 8.22. The molecule has 0 aliphatic carbocycles. The first-order valence-electron chi connectivity index (χ1n) is 6.55. The Bertz CT molecular complexity index is 362. The molecule has 0 radical (unpaired) electrons. The predicted molar refractivity (Wildman–Crippen MR) is 68.0 cm³/mol. The van der Waals surface area contributed by atoms with Gasteiger partial charge in [-0.3, -0.25) is 4.68 Å².